The highest BCUT2D eigenvalue weighted by Crippen LogP contribution is 2.46. The van der Waals surface area contributed by atoms with Crippen molar-refractivity contribution >= 4 is 51.8 Å². The quantitative estimate of drug-likeness (QED) is 0.0205. The Morgan fingerprint density at radius 3 is 2.25 bits per heavy atom. The first-order chi connectivity index (χ1) is 29.0. The maximum absolute atomic E-state index is 12.6. The van der Waals surface area contributed by atoms with Crippen molar-refractivity contribution in [2.45, 2.75) is 95.6 Å². The maximum Gasteiger partial charge on any atom is 0.307 e. The molecule has 0 bridgehead atoms. The molecule has 0 aromatic heterocycles. The van der Waals surface area contributed by atoms with Gasteiger partial charge >= 0.3 is 5.97 Å². The van der Waals surface area contributed by atoms with Gasteiger partial charge in [0, 0.05) is 81.2 Å². The number of nitrogens with one attached hydrogen (secondary N) is 4. The lowest BCUT2D eigenvalue weighted by atomic mass is 9.71. The zero-order valence-corrected chi connectivity index (χ0v) is 35.1. The monoisotopic (exact) mass is 850 g/mol. The molecular formula is C43H58N6O10S. The van der Waals surface area contributed by atoms with Gasteiger partial charge in [-0.05, 0) is 99.3 Å². The van der Waals surface area contributed by atoms with E-state index in [0.29, 0.717) is 118 Å². The van der Waals surface area contributed by atoms with Crippen LogP contribution in [0.4, 0.5) is 0 Å². The van der Waals surface area contributed by atoms with Gasteiger partial charge in [-0.25, -0.2) is 0 Å². The van der Waals surface area contributed by atoms with Crippen molar-refractivity contribution in [2.24, 2.45) is 11.8 Å². The highest BCUT2D eigenvalue weighted by molar-refractivity contribution is 7.80. The summed E-state index contributed by atoms with van der Waals surface area (Å²) in [5.74, 6) is -1.74. The van der Waals surface area contributed by atoms with Gasteiger partial charge in [0.1, 0.15) is 17.1 Å². The molecule has 1 aromatic rings. The minimum atomic E-state index is -0.911. The number of thiocarbonyl (C=S) groups is 1. The summed E-state index contributed by atoms with van der Waals surface area (Å²) < 4.78 is 22.7. The Labute approximate surface area is 355 Å². The van der Waals surface area contributed by atoms with Gasteiger partial charge in [-0.15, -0.1) is 0 Å². The van der Waals surface area contributed by atoms with Gasteiger partial charge in [-0.3, -0.25) is 19.2 Å². The highest BCUT2D eigenvalue weighted by Gasteiger charge is 2.39. The number of nitrogens with zero attached hydrogens (tertiary/aromatic N) is 2. The largest absolute Gasteiger partial charge is 0.508 e. The van der Waals surface area contributed by atoms with Crippen molar-refractivity contribution in [3.05, 3.63) is 57.7 Å². The fourth-order valence-corrected chi connectivity index (χ4v) is 8.43. The molecule has 0 saturated heterocycles. The van der Waals surface area contributed by atoms with E-state index in [0.717, 1.165) is 31.2 Å². The molecule has 3 aliphatic carbocycles. The van der Waals surface area contributed by atoms with E-state index in [2.05, 4.69) is 26.1 Å². The number of aliphatic carboxylic acids is 1. The van der Waals surface area contributed by atoms with E-state index in [-0.39, 0.29) is 59.8 Å². The number of benzene rings is 2. The number of aromatic hydroxyl groups is 1. The van der Waals surface area contributed by atoms with Gasteiger partial charge in [0.05, 0.1) is 38.3 Å². The smallest absolute Gasteiger partial charge is 0.307 e. The maximum atomic E-state index is 12.6. The van der Waals surface area contributed by atoms with Crippen molar-refractivity contribution < 1.29 is 48.0 Å². The van der Waals surface area contributed by atoms with Gasteiger partial charge in [-0.1, -0.05) is 6.42 Å². The zero-order chi connectivity index (χ0) is 42.9. The second-order valence-electron chi connectivity index (χ2n) is 15.6. The summed E-state index contributed by atoms with van der Waals surface area (Å²) in [6, 6.07) is 9.20. The minimum absolute atomic E-state index is 0.0139. The summed E-state index contributed by atoms with van der Waals surface area (Å²) in [5.41, 5.74) is 11.4. The molecule has 16 nitrogen and oxygen atoms in total. The number of rotatable bonds is 22. The third-order valence-corrected chi connectivity index (χ3v) is 11.5. The average molecular weight is 851 g/mol. The molecule has 60 heavy (non-hydrogen) atoms. The number of fused-ring (bicyclic) bond motifs is 2. The van der Waals surface area contributed by atoms with Crippen LogP contribution in [-0.2, 0) is 28.6 Å². The summed E-state index contributed by atoms with van der Waals surface area (Å²) in [6.45, 7) is 5.53. The Bertz CT molecular complexity index is 2000. The molecule has 5 rings (SSSR count). The van der Waals surface area contributed by atoms with Crippen LogP contribution in [0.1, 0.15) is 89.0 Å². The lowest BCUT2D eigenvalue weighted by Crippen LogP contribution is -2.46. The first kappa shape index (κ1) is 46.1. The molecule has 0 radical (unpaired) electrons. The van der Waals surface area contributed by atoms with Crippen LogP contribution in [0.3, 0.4) is 0 Å². The second kappa shape index (κ2) is 23.8. The summed E-state index contributed by atoms with van der Waals surface area (Å²) in [6.07, 6.45) is 6.78. The Hall–Kier alpha value is -4.93. The van der Waals surface area contributed by atoms with E-state index in [9.17, 15) is 29.4 Å². The van der Waals surface area contributed by atoms with Crippen molar-refractivity contribution in [1.29, 1.82) is 0 Å². The summed E-state index contributed by atoms with van der Waals surface area (Å²) in [4.78, 5) is 52.5. The lowest BCUT2D eigenvalue weighted by Gasteiger charge is -2.36. The number of phenolic OH excluding ortho intramolecular Hbond substituents is 1. The topological polar surface area (TPSA) is 234 Å². The predicted molar refractivity (Wildman–Crippen MR) is 228 cm³/mol. The number of hydrogen-bond donors (Lipinski definition) is 6. The van der Waals surface area contributed by atoms with Crippen molar-refractivity contribution in [3.8, 4) is 17.1 Å². The lowest BCUT2D eigenvalue weighted by molar-refractivity contribution is -0.143. The number of amides is 2. The number of hydrogen-bond acceptors (Lipinski definition) is 10. The van der Waals surface area contributed by atoms with Crippen LogP contribution < -0.4 is 26.7 Å². The molecule has 5 unspecified atom stereocenters. The Morgan fingerprint density at radius 1 is 0.850 bits per heavy atom. The van der Waals surface area contributed by atoms with Crippen LogP contribution in [0.25, 0.3) is 27.8 Å². The molecular weight excluding hydrogens is 793 g/mol. The minimum Gasteiger partial charge on any atom is -0.508 e. The molecule has 2 saturated carbocycles. The molecule has 4 aliphatic rings. The van der Waals surface area contributed by atoms with Crippen LogP contribution in [0.5, 0.6) is 5.75 Å². The van der Waals surface area contributed by atoms with Crippen LogP contribution >= 0.6 is 12.2 Å². The number of phenols is 1. The summed E-state index contributed by atoms with van der Waals surface area (Å²) in [5, 5.41) is 33.9. The second-order valence-corrected chi connectivity index (χ2v) is 16.0. The molecule has 1 heterocycles. The van der Waals surface area contributed by atoms with Gasteiger partial charge in [0.15, 0.2) is 10.5 Å². The zero-order valence-electron chi connectivity index (χ0n) is 34.2. The van der Waals surface area contributed by atoms with E-state index in [4.69, 9.17) is 36.4 Å². The first-order valence-corrected chi connectivity index (χ1v) is 21.4. The molecule has 1 aromatic carbocycles. The third-order valence-electron chi connectivity index (χ3n) is 11.2. The normalized spacial score (nSPS) is 20.2. The fraction of sp³-hybridized carbons (Fsp3) is 0.581. The standard InChI is InChI=1S/C43H58N6O10S/c1-27(49-44)28-5-2-6-29(23-28)47-40(53)14-13-39(52)45-15-3-17-56-19-21-58-22-20-57-18-4-16-46-43(60)48-30-7-10-33(36(24-30)42(54)55)41-34-11-8-31(50)25-37(34)59-38-26-32(51)9-12-35(38)41/h8-9,11-12,25-26,28-30,33,36,50H,2-7,10,13-24H2,1H3,(H,45,52)(H,47,53)(H,54,55)(H2,46,48,60). The Kier molecular flexibility index (Phi) is 18.3. The fourth-order valence-electron chi connectivity index (χ4n) is 8.16. The van der Waals surface area contributed by atoms with E-state index in [1.54, 1.807) is 25.1 Å². The van der Waals surface area contributed by atoms with Crippen LogP contribution in [0.2, 0.25) is 0 Å². The summed E-state index contributed by atoms with van der Waals surface area (Å²) >= 11 is 5.52. The van der Waals surface area contributed by atoms with E-state index >= 15 is 0 Å². The Morgan fingerprint density at radius 2 is 1.53 bits per heavy atom. The van der Waals surface area contributed by atoms with Gasteiger partial charge in [0.2, 0.25) is 11.8 Å². The van der Waals surface area contributed by atoms with E-state index in [1.807, 2.05) is 0 Å². The average Bonchev–Trinajstić information content (AvgIpc) is 3.23. The van der Waals surface area contributed by atoms with Gasteiger partial charge in [-0.2, -0.15) is 4.79 Å². The molecule has 5 atom stereocenters. The third kappa shape index (κ3) is 14.1. The first-order valence-electron chi connectivity index (χ1n) is 21.0. The molecule has 0 spiro atoms. The predicted octanol–water partition coefficient (Wildman–Crippen LogP) is 4.50. The molecule has 326 valence electrons. The van der Waals surface area contributed by atoms with Gasteiger partial charge in [0.25, 0.3) is 5.71 Å². The molecule has 1 aliphatic heterocycles. The highest BCUT2D eigenvalue weighted by atomic mass is 32.1. The van der Waals surface area contributed by atoms with Crippen molar-refractivity contribution in [1.82, 2.24) is 21.3 Å². The molecule has 2 fully saturated rings. The number of carbonyl (C=O) groups is 3. The van der Waals surface area contributed by atoms with Crippen molar-refractivity contribution in [2.75, 3.05) is 52.7 Å². The number of ether oxygens (including phenoxy) is 3. The van der Waals surface area contributed by atoms with E-state index < -0.39 is 11.9 Å². The number of carboxylic acids is 1. The van der Waals surface area contributed by atoms with Crippen LogP contribution in [-0.4, -0.2) is 108 Å². The SMILES string of the molecule is CC(=[N+]=[N-])C1CCCC(NC(=O)CCC(=O)NCCCOCCOCCOCCCNC(=S)NC2CCC(c3c4ccc(=O)cc-4oc4cc(O)ccc34)C(C(=O)O)C2)C1. The van der Waals surface area contributed by atoms with Crippen molar-refractivity contribution in [3.63, 3.8) is 0 Å². The molecule has 6 N–H and O–H groups in total. The molecule has 17 heteroatoms. The summed E-state index contributed by atoms with van der Waals surface area (Å²) in [7, 11) is 0. The molecule has 2 amide bonds. The Balaban J connectivity index is 0.862. The van der Waals surface area contributed by atoms with E-state index in [1.165, 1.54) is 18.2 Å². The number of carboxylic acid groups (broad SMARTS) is 1. The van der Waals surface area contributed by atoms with Crippen LogP contribution in [0, 0.1) is 11.8 Å². The van der Waals surface area contributed by atoms with Crippen LogP contribution in [0.15, 0.2) is 45.6 Å². The van der Waals surface area contributed by atoms with Gasteiger partial charge < -0.3 is 55.6 Å². The number of carbonyl (C=O) groups excluding carboxylic acids is 2.